The maximum atomic E-state index is 6.00. The number of ether oxygens (including phenoxy) is 1. The van der Waals surface area contributed by atoms with E-state index in [4.69, 9.17) is 4.74 Å². The summed E-state index contributed by atoms with van der Waals surface area (Å²) in [6, 6.07) is 15.2. The van der Waals surface area contributed by atoms with Crippen LogP contribution in [-0.4, -0.2) is 19.8 Å². The van der Waals surface area contributed by atoms with Gasteiger partial charge in [0.15, 0.2) is 0 Å². The summed E-state index contributed by atoms with van der Waals surface area (Å²) in [5, 5.41) is 5.96. The van der Waals surface area contributed by atoms with Gasteiger partial charge in [0, 0.05) is 0 Å². The molecule has 1 N–H and O–H groups in total. The van der Waals surface area contributed by atoms with E-state index in [2.05, 4.69) is 68.6 Å². The van der Waals surface area contributed by atoms with E-state index >= 15 is 0 Å². The summed E-state index contributed by atoms with van der Waals surface area (Å²) >= 11 is 0. The quantitative estimate of drug-likeness (QED) is 0.851. The summed E-state index contributed by atoms with van der Waals surface area (Å²) in [6.07, 6.45) is 0.279. The van der Waals surface area contributed by atoms with Gasteiger partial charge >= 0.3 is 0 Å². The monoisotopic (exact) mass is 271 g/mol. The molecule has 2 atom stereocenters. The Morgan fingerprint density at radius 3 is 2.40 bits per heavy atom. The minimum atomic E-state index is 0.224. The number of hydrogen-bond acceptors (Lipinski definition) is 2. The highest BCUT2D eigenvalue weighted by atomic mass is 16.5. The predicted octanol–water partition coefficient (Wildman–Crippen LogP) is 4.16. The topological polar surface area (TPSA) is 21.3 Å². The first kappa shape index (κ1) is 15.0. The van der Waals surface area contributed by atoms with Gasteiger partial charge in [-0.1, -0.05) is 56.3 Å². The summed E-state index contributed by atoms with van der Waals surface area (Å²) in [6.45, 7) is 7.22. The van der Waals surface area contributed by atoms with Crippen LogP contribution in [-0.2, 0) is 4.74 Å². The molecule has 0 spiro atoms. The van der Waals surface area contributed by atoms with E-state index in [9.17, 15) is 0 Å². The first-order valence-corrected chi connectivity index (χ1v) is 7.40. The molecule has 0 saturated carbocycles. The van der Waals surface area contributed by atoms with Crippen LogP contribution in [0.3, 0.4) is 0 Å². The lowest BCUT2D eigenvalue weighted by Crippen LogP contribution is -2.26. The predicted molar refractivity (Wildman–Crippen MR) is 86.0 cm³/mol. The van der Waals surface area contributed by atoms with Crippen LogP contribution in [0.2, 0.25) is 0 Å². The van der Waals surface area contributed by atoms with Gasteiger partial charge in [0.2, 0.25) is 0 Å². The van der Waals surface area contributed by atoms with Gasteiger partial charge in [-0.15, -0.1) is 0 Å². The average Bonchev–Trinajstić information content (AvgIpc) is 2.47. The van der Waals surface area contributed by atoms with Crippen molar-refractivity contribution in [1.82, 2.24) is 5.32 Å². The highest BCUT2D eigenvalue weighted by Crippen LogP contribution is 2.25. The fourth-order valence-electron chi connectivity index (χ4n) is 2.32. The van der Waals surface area contributed by atoms with Crippen molar-refractivity contribution in [2.24, 2.45) is 5.92 Å². The Hall–Kier alpha value is -1.38. The van der Waals surface area contributed by atoms with Gasteiger partial charge in [0.1, 0.15) is 0 Å². The molecule has 0 aromatic heterocycles. The average molecular weight is 271 g/mol. The highest BCUT2D eigenvalue weighted by Gasteiger charge is 2.15. The van der Waals surface area contributed by atoms with Crippen LogP contribution in [0.15, 0.2) is 42.5 Å². The van der Waals surface area contributed by atoms with Crippen LogP contribution >= 0.6 is 0 Å². The van der Waals surface area contributed by atoms with Crippen molar-refractivity contribution in [3.63, 3.8) is 0 Å². The van der Waals surface area contributed by atoms with E-state index in [1.807, 2.05) is 7.05 Å². The molecule has 0 radical (unpaired) electrons. The van der Waals surface area contributed by atoms with Crippen LogP contribution in [0.5, 0.6) is 0 Å². The number of fused-ring (bicyclic) bond motifs is 1. The Kier molecular flexibility index (Phi) is 5.16. The first-order valence-electron chi connectivity index (χ1n) is 7.40. The molecule has 0 aliphatic rings. The van der Waals surface area contributed by atoms with E-state index in [1.54, 1.807) is 0 Å². The Morgan fingerprint density at radius 1 is 1.00 bits per heavy atom. The van der Waals surface area contributed by atoms with Gasteiger partial charge < -0.3 is 10.1 Å². The molecule has 0 aliphatic heterocycles. The van der Waals surface area contributed by atoms with E-state index < -0.39 is 0 Å². The smallest absolute Gasteiger partial charge is 0.0665 e. The van der Waals surface area contributed by atoms with Gasteiger partial charge in [-0.2, -0.15) is 0 Å². The van der Waals surface area contributed by atoms with Crippen molar-refractivity contribution < 1.29 is 4.74 Å². The molecule has 2 rings (SSSR count). The van der Waals surface area contributed by atoms with Crippen molar-refractivity contribution in [2.45, 2.75) is 32.9 Å². The number of hydrogen-bond donors (Lipinski definition) is 1. The molecule has 2 heteroatoms. The van der Waals surface area contributed by atoms with Gasteiger partial charge in [-0.3, -0.25) is 0 Å². The normalized spacial score (nSPS) is 14.7. The highest BCUT2D eigenvalue weighted by molar-refractivity contribution is 5.86. The largest absolute Gasteiger partial charge is 0.376 e. The number of likely N-dealkylation sites (N-methyl/N-ethyl adjacent to an activating group) is 1. The molecule has 2 nitrogen and oxygen atoms in total. The summed E-state index contributed by atoms with van der Waals surface area (Å²) < 4.78 is 6.00. The zero-order chi connectivity index (χ0) is 14.5. The van der Waals surface area contributed by atoms with Gasteiger partial charge in [0.05, 0.1) is 18.8 Å². The molecule has 20 heavy (non-hydrogen) atoms. The molecule has 0 saturated heterocycles. The van der Waals surface area contributed by atoms with Crippen molar-refractivity contribution in [3.8, 4) is 0 Å². The molecular formula is C18H25NO. The van der Waals surface area contributed by atoms with Crippen LogP contribution < -0.4 is 5.32 Å². The summed E-state index contributed by atoms with van der Waals surface area (Å²) in [7, 11) is 2.00. The molecule has 0 amide bonds. The van der Waals surface area contributed by atoms with E-state index in [0.29, 0.717) is 12.5 Å². The Morgan fingerprint density at radius 2 is 1.70 bits per heavy atom. The first-order chi connectivity index (χ1) is 9.63. The Bertz CT molecular complexity index is 545. The molecular weight excluding hydrogens is 246 g/mol. The molecule has 108 valence electrons. The Balaban J connectivity index is 2.21. The molecule has 2 aromatic rings. The second-order valence-corrected chi connectivity index (χ2v) is 5.69. The summed E-state index contributed by atoms with van der Waals surface area (Å²) in [4.78, 5) is 0. The third kappa shape index (κ3) is 3.38. The third-order valence-electron chi connectivity index (χ3n) is 4.01. The minimum Gasteiger partial charge on any atom is -0.376 e. The molecule has 0 bridgehead atoms. The summed E-state index contributed by atoms with van der Waals surface area (Å²) in [5.41, 5.74) is 1.31. The lowest BCUT2D eigenvalue weighted by Gasteiger charge is -2.23. The molecule has 2 unspecified atom stereocenters. The maximum absolute atomic E-state index is 6.00. The van der Waals surface area contributed by atoms with Crippen LogP contribution in [0.25, 0.3) is 10.8 Å². The van der Waals surface area contributed by atoms with Crippen LogP contribution in [0.1, 0.15) is 32.4 Å². The standard InChI is InChI=1S/C18H25NO/c1-13(2)14(3)20-12-18(19-4)17-11-7-9-15-8-5-6-10-16(15)17/h5-11,13-14,18-19H,12H2,1-4H3. The lowest BCUT2D eigenvalue weighted by atomic mass is 9.99. The van der Waals surface area contributed by atoms with Gasteiger partial charge in [0.25, 0.3) is 0 Å². The molecule has 0 aliphatic carbocycles. The van der Waals surface area contributed by atoms with E-state index in [0.717, 1.165) is 0 Å². The number of rotatable bonds is 6. The number of benzene rings is 2. The lowest BCUT2D eigenvalue weighted by molar-refractivity contribution is 0.0231. The second kappa shape index (κ2) is 6.87. The van der Waals surface area contributed by atoms with Crippen LogP contribution in [0.4, 0.5) is 0 Å². The number of nitrogens with one attached hydrogen (secondary N) is 1. The van der Waals surface area contributed by atoms with E-state index in [1.165, 1.54) is 16.3 Å². The Labute approximate surface area is 122 Å². The van der Waals surface area contributed by atoms with Crippen molar-refractivity contribution in [3.05, 3.63) is 48.0 Å². The SMILES string of the molecule is CNC(COC(C)C(C)C)c1cccc2ccccc12. The fourth-order valence-corrected chi connectivity index (χ4v) is 2.32. The molecule has 0 fully saturated rings. The summed E-state index contributed by atoms with van der Waals surface area (Å²) in [5.74, 6) is 0.542. The van der Waals surface area contributed by atoms with Crippen LogP contribution in [0, 0.1) is 5.92 Å². The van der Waals surface area contributed by atoms with Gasteiger partial charge in [-0.05, 0) is 36.2 Å². The van der Waals surface area contributed by atoms with E-state index in [-0.39, 0.29) is 12.1 Å². The second-order valence-electron chi connectivity index (χ2n) is 5.69. The fraction of sp³-hybridized carbons (Fsp3) is 0.444. The van der Waals surface area contributed by atoms with Crippen molar-refractivity contribution >= 4 is 10.8 Å². The minimum absolute atomic E-state index is 0.224. The van der Waals surface area contributed by atoms with Crippen molar-refractivity contribution in [2.75, 3.05) is 13.7 Å². The zero-order valence-electron chi connectivity index (χ0n) is 12.9. The third-order valence-corrected chi connectivity index (χ3v) is 4.01. The maximum Gasteiger partial charge on any atom is 0.0665 e. The van der Waals surface area contributed by atoms with Crippen molar-refractivity contribution in [1.29, 1.82) is 0 Å². The van der Waals surface area contributed by atoms with Gasteiger partial charge in [-0.25, -0.2) is 0 Å². The molecule has 2 aromatic carbocycles. The zero-order valence-corrected chi connectivity index (χ0v) is 12.9. The molecule has 0 heterocycles.